The summed E-state index contributed by atoms with van der Waals surface area (Å²) >= 11 is 0. The van der Waals surface area contributed by atoms with E-state index in [-0.39, 0.29) is 22.8 Å². The highest BCUT2D eigenvalue weighted by molar-refractivity contribution is 7.89. The molecular weight excluding hydrogens is 436 g/mol. The third-order valence-corrected chi connectivity index (χ3v) is 7.54. The molecular formula is C26H28N2O4S. The zero-order valence-corrected chi connectivity index (χ0v) is 19.2. The Morgan fingerprint density at radius 2 is 1.55 bits per heavy atom. The van der Waals surface area contributed by atoms with Crippen LogP contribution in [0.3, 0.4) is 0 Å². The molecule has 33 heavy (non-hydrogen) atoms. The minimum atomic E-state index is -3.75. The van der Waals surface area contributed by atoms with E-state index >= 15 is 0 Å². The van der Waals surface area contributed by atoms with Crippen molar-refractivity contribution in [3.8, 4) is 0 Å². The van der Waals surface area contributed by atoms with E-state index in [4.69, 9.17) is 4.74 Å². The van der Waals surface area contributed by atoms with Crippen LogP contribution in [-0.2, 0) is 26.7 Å². The molecule has 0 bridgehead atoms. The molecule has 0 aromatic heterocycles. The van der Waals surface area contributed by atoms with Crippen molar-refractivity contribution in [2.24, 2.45) is 0 Å². The van der Waals surface area contributed by atoms with Crippen molar-refractivity contribution in [2.75, 3.05) is 19.8 Å². The monoisotopic (exact) mass is 464 g/mol. The van der Waals surface area contributed by atoms with Gasteiger partial charge in [-0.1, -0.05) is 66.7 Å². The SMILES string of the molecule is O=C(NCC1(c2ccccc2)CCOCC1)c1cccc(S(=O)(=O)NCc2ccccc2)c1. The van der Waals surface area contributed by atoms with Crippen LogP contribution < -0.4 is 10.0 Å². The second kappa shape index (κ2) is 10.3. The largest absolute Gasteiger partial charge is 0.381 e. The van der Waals surface area contributed by atoms with Gasteiger partial charge >= 0.3 is 0 Å². The van der Waals surface area contributed by atoms with E-state index in [1.54, 1.807) is 12.1 Å². The van der Waals surface area contributed by atoms with E-state index in [1.165, 1.54) is 17.7 Å². The van der Waals surface area contributed by atoms with Gasteiger partial charge in [-0.3, -0.25) is 4.79 Å². The van der Waals surface area contributed by atoms with E-state index in [0.29, 0.717) is 25.3 Å². The van der Waals surface area contributed by atoms with E-state index in [2.05, 4.69) is 22.2 Å². The molecule has 1 heterocycles. The summed E-state index contributed by atoms with van der Waals surface area (Å²) in [6.07, 6.45) is 1.63. The third-order valence-electron chi connectivity index (χ3n) is 6.14. The van der Waals surface area contributed by atoms with E-state index in [0.717, 1.165) is 18.4 Å². The molecule has 7 heteroatoms. The van der Waals surface area contributed by atoms with E-state index in [9.17, 15) is 13.2 Å². The van der Waals surface area contributed by atoms with Crippen LogP contribution in [0.1, 0.15) is 34.3 Å². The Morgan fingerprint density at radius 3 is 2.24 bits per heavy atom. The molecule has 1 aliphatic heterocycles. The summed E-state index contributed by atoms with van der Waals surface area (Å²) in [6, 6.07) is 25.6. The van der Waals surface area contributed by atoms with Crippen LogP contribution in [0.15, 0.2) is 89.8 Å². The first kappa shape index (κ1) is 23.2. The summed E-state index contributed by atoms with van der Waals surface area (Å²) in [5.74, 6) is -0.295. The Balaban J connectivity index is 1.46. The maximum atomic E-state index is 13.0. The molecule has 2 N–H and O–H groups in total. The smallest absolute Gasteiger partial charge is 0.251 e. The van der Waals surface area contributed by atoms with Gasteiger partial charge in [0.2, 0.25) is 10.0 Å². The molecule has 6 nitrogen and oxygen atoms in total. The molecule has 1 aliphatic rings. The number of carbonyl (C=O) groups is 1. The number of sulfonamides is 1. The molecule has 1 amide bonds. The van der Waals surface area contributed by atoms with Crippen LogP contribution >= 0.6 is 0 Å². The topological polar surface area (TPSA) is 84.5 Å². The minimum absolute atomic E-state index is 0.0647. The number of rotatable bonds is 8. The maximum Gasteiger partial charge on any atom is 0.251 e. The van der Waals surface area contributed by atoms with Crippen LogP contribution in [0.25, 0.3) is 0 Å². The molecule has 3 aromatic rings. The number of nitrogens with one attached hydrogen (secondary N) is 2. The van der Waals surface area contributed by atoms with Crippen LogP contribution in [0, 0.1) is 0 Å². The first-order chi connectivity index (χ1) is 16.0. The summed E-state index contributed by atoms with van der Waals surface area (Å²) in [5, 5.41) is 3.03. The number of carbonyl (C=O) groups excluding carboxylic acids is 1. The van der Waals surface area contributed by atoms with Crippen molar-refractivity contribution in [1.29, 1.82) is 0 Å². The lowest BCUT2D eigenvalue weighted by molar-refractivity contribution is 0.0487. The Bertz CT molecular complexity index is 1180. The van der Waals surface area contributed by atoms with Crippen LogP contribution in [0.5, 0.6) is 0 Å². The molecule has 172 valence electrons. The molecule has 1 fully saturated rings. The fraction of sp³-hybridized carbons (Fsp3) is 0.269. The van der Waals surface area contributed by atoms with Crippen molar-refractivity contribution in [2.45, 2.75) is 29.7 Å². The highest BCUT2D eigenvalue weighted by Gasteiger charge is 2.34. The van der Waals surface area contributed by atoms with Gasteiger partial charge in [-0.25, -0.2) is 13.1 Å². The highest BCUT2D eigenvalue weighted by Crippen LogP contribution is 2.34. The van der Waals surface area contributed by atoms with Crippen molar-refractivity contribution >= 4 is 15.9 Å². The van der Waals surface area contributed by atoms with Gasteiger partial charge in [0.1, 0.15) is 0 Å². The fourth-order valence-electron chi connectivity index (χ4n) is 4.13. The fourth-order valence-corrected chi connectivity index (χ4v) is 5.20. The molecule has 0 saturated carbocycles. The summed E-state index contributed by atoms with van der Waals surface area (Å²) in [4.78, 5) is 13.0. The molecule has 0 unspecified atom stereocenters. The standard InChI is InChI=1S/C26H28N2O4S/c29-25(27-20-26(14-16-32-17-15-26)23-11-5-2-6-12-23)22-10-7-13-24(18-22)33(30,31)28-19-21-8-3-1-4-9-21/h1-13,18,28H,14-17,19-20H2,(H,27,29). The van der Waals surface area contributed by atoms with Crippen molar-refractivity contribution in [3.05, 3.63) is 102 Å². The Labute approximate surface area is 195 Å². The quantitative estimate of drug-likeness (QED) is 0.533. The van der Waals surface area contributed by atoms with Gasteiger partial charge in [0.05, 0.1) is 4.90 Å². The predicted molar refractivity (Wildman–Crippen MR) is 127 cm³/mol. The maximum absolute atomic E-state index is 13.0. The normalized spacial score (nSPS) is 15.6. The van der Waals surface area contributed by atoms with Gasteiger partial charge in [-0.15, -0.1) is 0 Å². The molecule has 0 aliphatic carbocycles. The average molecular weight is 465 g/mol. The summed E-state index contributed by atoms with van der Waals surface area (Å²) in [5.41, 5.74) is 2.15. The number of amides is 1. The van der Waals surface area contributed by atoms with Crippen LogP contribution in [0.2, 0.25) is 0 Å². The lowest BCUT2D eigenvalue weighted by atomic mass is 9.74. The second-order valence-electron chi connectivity index (χ2n) is 8.28. The van der Waals surface area contributed by atoms with Gasteiger partial charge in [0, 0.05) is 37.3 Å². The van der Waals surface area contributed by atoms with Crippen molar-refractivity contribution in [3.63, 3.8) is 0 Å². The van der Waals surface area contributed by atoms with E-state index in [1.807, 2.05) is 48.5 Å². The Kier molecular flexibility index (Phi) is 7.23. The third kappa shape index (κ3) is 5.68. The zero-order chi connectivity index (χ0) is 23.2. The van der Waals surface area contributed by atoms with Gasteiger partial charge < -0.3 is 10.1 Å². The van der Waals surface area contributed by atoms with Crippen LogP contribution in [-0.4, -0.2) is 34.1 Å². The number of hydrogen-bond donors (Lipinski definition) is 2. The van der Waals surface area contributed by atoms with Gasteiger partial charge in [0.25, 0.3) is 5.91 Å². The molecule has 0 radical (unpaired) electrons. The molecule has 1 saturated heterocycles. The van der Waals surface area contributed by atoms with E-state index < -0.39 is 10.0 Å². The summed E-state index contributed by atoms with van der Waals surface area (Å²) in [6.45, 7) is 1.93. The molecule has 0 spiro atoms. The average Bonchev–Trinajstić information content (AvgIpc) is 2.88. The number of hydrogen-bond acceptors (Lipinski definition) is 4. The Morgan fingerprint density at radius 1 is 0.879 bits per heavy atom. The van der Waals surface area contributed by atoms with Crippen LogP contribution in [0.4, 0.5) is 0 Å². The Hall–Kier alpha value is -3.00. The van der Waals surface area contributed by atoms with Gasteiger partial charge in [0.15, 0.2) is 0 Å². The summed E-state index contributed by atoms with van der Waals surface area (Å²) in [7, 11) is -3.75. The molecule has 0 atom stereocenters. The molecule has 3 aromatic carbocycles. The zero-order valence-electron chi connectivity index (χ0n) is 18.4. The molecule has 4 rings (SSSR count). The van der Waals surface area contributed by atoms with Crippen molar-refractivity contribution < 1.29 is 17.9 Å². The summed E-state index contributed by atoms with van der Waals surface area (Å²) < 4.78 is 33.7. The number of benzene rings is 3. The highest BCUT2D eigenvalue weighted by atomic mass is 32.2. The lowest BCUT2D eigenvalue weighted by Gasteiger charge is -2.38. The first-order valence-electron chi connectivity index (χ1n) is 11.0. The lowest BCUT2D eigenvalue weighted by Crippen LogP contribution is -2.44. The number of ether oxygens (including phenoxy) is 1. The van der Waals surface area contributed by atoms with Gasteiger partial charge in [-0.2, -0.15) is 0 Å². The second-order valence-corrected chi connectivity index (χ2v) is 10.0. The predicted octanol–water partition coefficient (Wildman–Crippen LogP) is 3.64. The minimum Gasteiger partial charge on any atom is -0.381 e. The van der Waals surface area contributed by atoms with Crippen molar-refractivity contribution in [1.82, 2.24) is 10.0 Å². The van der Waals surface area contributed by atoms with Gasteiger partial charge in [-0.05, 0) is 42.2 Å². The first-order valence-corrected chi connectivity index (χ1v) is 12.5.